The van der Waals surface area contributed by atoms with Crippen molar-refractivity contribution >= 4 is 28.8 Å². The summed E-state index contributed by atoms with van der Waals surface area (Å²) in [5, 5.41) is 9.39. The van der Waals surface area contributed by atoms with Gasteiger partial charge in [0.2, 0.25) is 0 Å². The van der Waals surface area contributed by atoms with Crippen LogP contribution in [0.25, 0.3) is 22.2 Å². The number of fused-ring (bicyclic) bond motifs is 1. The quantitative estimate of drug-likeness (QED) is 0.172. The molecule has 3 heterocycles. The first kappa shape index (κ1) is 25.6. The van der Waals surface area contributed by atoms with E-state index in [4.69, 9.17) is 5.11 Å². The van der Waals surface area contributed by atoms with Gasteiger partial charge in [0.1, 0.15) is 17.0 Å². The molecule has 11 heteroatoms. The average Bonchev–Trinajstić information content (AvgIpc) is 3.17. The molecule has 0 radical (unpaired) electrons. The monoisotopic (exact) mass is 518 g/mol. The van der Waals surface area contributed by atoms with E-state index in [0.717, 1.165) is 5.52 Å². The summed E-state index contributed by atoms with van der Waals surface area (Å²) in [6.45, 7) is 5.33. The van der Waals surface area contributed by atoms with Gasteiger partial charge in [-0.2, -0.15) is 13.2 Å². The molecular formula is C25H22F4N4O2S. The van der Waals surface area contributed by atoms with E-state index in [2.05, 4.69) is 15.0 Å². The van der Waals surface area contributed by atoms with Crippen molar-refractivity contribution < 1.29 is 27.5 Å². The van der Waals surface area contributed by atoms with Crippen molar-refractivity contribution in [3.05, 3.63) is 71.1 Å². The highest BCUT2D eigenvalue weighted by atomic mass is 32.2. The van der Waals surface area contributed by atoms with Crippen molar-refractivity contribution in [1.29, 1.82) is 0 Å². The summed E-state index contributed by atoms with van der Waals surface area (Å²) in [7, 11) is 0. The van der Waals surface area contributed by atoms with E-state index < -0.39 is 30.1 Å². The van der Waals surface area contributed by atoms with Crippen LogP contribution < -0.4 is 0 Å². The second-order valence-corrected chi connectivity index (χ2v) is 9.54. The summed E-state index contributed by atoms with van der Waals surface area (Å²) in [6, 6.07) is 5.82. The number of nitrogens with zero attached hydrogens (tertiary/aromatic N) is 4. The number of carboxylic acids is 1. The third-order valence-corrected chi connectivity index (χ3v) is 6.52. The number of thioether (sulfide) groups is 1. The second-order valence-electron chi connectivity index (χ2n) is 8.60. The number of carbonyl (C=O) groups is 1. The fourth-order valence-corrected chi connectivity index (χ4v) is 4.67. The smallest absolute Gasteiger partial charge is 0.433 e. The first-order chi connectivity index (χ1) is 16.9. The van der Waals surface area contributed by atoms with Gasteiger partial charge in [-0.1, -0.05) is 23.9 Å². The predicted molar refractivity (Wildman–Crippen MR) is 128 cm³/mol. The lowest BCUT2D eigenvalue weighted by Crippen LogP contribution is -2.10. The molecule has 1 aromatic carbocycles. The molecule has 6 nitrogen and oxygen atoms in total. The highest BCUT2D eigenvalue weighted by molar-refractivity contribution is 7.98. The molecule has 0 aliphatic heterocycles. The Kier molecular flexibility index (Phi) is 7.03. The summed E-state index contributed by atoms with van der Waals surface area (Å²) >= 11 is 1.29. The Bertz CT molecular complexity index is 1450. The van der Waals surface area contributed by atoms with Gasteiger partial charge in [-0.05, 0) is 49.6 Å². The first-order valence-electron chi connectivity index (χ1n) is 11.0. The van der Waals surface area contributed by atoms with E-state index in [9.17, 15) is 22.4 Å². The average molecular weight is 519 g/mol. The van der Waals surface area contributed by atoms with E-state index in [1.807, 2.05) is 24.6 Å². The van der Waals surface area contributed by atoms with Crippen LogP contribution in [0, 0.1) is 12.7 Å². The van der Waals surface area contributed by atoms with Crippen LogP contribution in [-0.2, 0) is 23.1 Å². The maximum Gasteiger partial charge on any atom is 0.433 e. The third-order valence-electron chi connectivity index (χ3n) is 5.58. The minimum absolute atomic E-state index is 0.0163. The maximum atomic E-state index is 13.9. The van der Waals surface area contributed by atoms with Gasteiger partial charge in [0.25, 0.3) is 0 Å². The Morgan fingerprint density at radius 1 is 1.17 bits per heavy atom. The molecule has 0 spiro atoms. The Morgan fingerprint density at radius 2 is 1.92 bits per heavy atom. The summed E-state index contributed by atoms with van der Waals surface area (Å²) in [6.07, 6.45) is -0.253. The fourth-order valence-electron chi connectivity index (χ4n) is 3.91. The third kappa shape index (κ3) is 5.35. The van der Waals surface area contributed by atoms with Gasteiger partial charge < -0.3 is 9.67 Å². The number of benzene rings is 1. The van der Waals surface area contributed by atoms with Gasteiger partial charge in [0.15, 0.2) is 5.16 Å². The molecule has 0 unspecified atom stereocenters. The number of rotatable bonds is 7. The van der Waals surface area contributed by atoms with Crippen LogP contribution in [0.4, 0.5) is 17.6 Å². The summed E-state index contributed by atoms with van der Waals surface area (Å²) in [5.41, 5.74) is 2.35. The number of hydrogen-bond donors (Lipinski definition) is 1. The Labute approximate surface area is 208 Å². The van der Waals surface area contributed by atoms with Crippen LogP contribution in [0.15, 0.2) is 48.0 Å². The Morgan fingerprint density at radius 3 is 2.56 bits per heavy atom. The number of aliphatic carboxylic acids is 1. The second kappa shape index (κ2) is 9.88. The number of pyridine rings is 1. The van der Waals surface area contributed by atoms with Gasteiger partial charge in [-0.3, -0.25) is 9.78 Å². The van der Waals surface area contributed by atoms with Crippen LogP contribution in [0.5, 0.6) is 0 Å². The number of alkyl halides is 3. The normalized spacial score (nSPS) is 12.0. The van der Waals surface area contributed by atoms with Gasteiger partial charge in [0.05, 0.1) is 18.1 Å². The molecule has 1 N–H and O–H groups in total. The molecule has 0 saturated heterocycles. The highest BCUT2D eigenvalue weighted by Gasteiger charge is 2.34. The Balaban J connectivity index is 1.69. The zero-order chi connectivity index (χ0) is 26.2. The molecule has 4 rings (SSSR count). The van der Waals surface area contributed by atoms with Gasteiger partial charge in [-0.25, -0.2) is 14.4 Å². The van der Waals surface area contributed by atoms with Crippen LogP contribution >= 0.6 is 11.8 Å². The SMILES string of the molecule is Cc1cc(-c2cn(C(C)C)c3cnc(SCc4ccc(F)c(CC(=O)O)c4)nc23)cnc1C(F)(F)F. The van der Waals surface area contributed by atoms with Crippen LogP contribution in [0.3, 0.4) is 0 Å². The zero-order valence-corrected chi connectivity index (χ0v) is 20.4. The molecule has 0 fully saturated rings. The van der Waals surface area contributed by atoms with Crippen molar-refractivity contribution in [2.24, 2.45) is 0 Å². The molecule has 0 atom stereocenters. The van der Waals surface area contributed by atoms with E-state index in [0.29, 0.717) is 33.1 Å². The molecular weight excluding hydrogens is 496 g/mol. The summed E-state index contributed by atoms with van der Waals surface area (Å²) in [4.78, 5) is 23.7. The molecule has 0 amide bonds. The number of carboxylic acid groups (broad SMARTS) is 1. The highest BCUT2D eigenvalue weighted by Crippen LogP contribution is 2.36. The van der Waals surface area contributed by atoms with E-state index >= 15 is 0 Å². The van der Waals surface area contributed by atoms with E-state index in [1.165, 1.54) is 43.1 Å². The van der Waals surface area contributed by atoms with Gasteiger partial charge >= 0.3 is 12.1 Å². The van der Waals surface area contributed by atoms with Gasteiger partial charge in [0, 0.05) is 35.3 Å². The van der Waals surface area contributed by atoms with Crippen molar-refractivity contribution in [1.82, 2.24) is 19.5 Å². The lowest BCUT2D eigenvalue weighted by Gasteiger charge is -2.10. The van der Waals surface area contributed by atoms with Crippen LogP contribution in [0.2, 0.25) is 0 Å². The minimum Gasteiger partial charge on any atom is -0.481 e. The first-order valence-corrected chi connectivity index (χ1v) is 12.0. The van der Waals surface area contributed by atoms with E-state index in [1.54, 1.807) is 12.3 Å². The topological polar surface area (TPSA) is 80.9 Å². The molecule has 36 heavy (non-hydrogen) atoms. The lowest BCUT2D eigenvalue weighted by atomic mass is 10.1. The van der Waals surface area contributed by atoms with Crippen molar-refractivity contribution in [3.8, 4) is 11.1 Å². The molecule has 4 aromatic rings. The molecule has 188 valence electrons. The van der Waals surface area contributed by atoms with Crippen LogP contribution in [-0.4, -0.2) is 30.6 Å². The van der Waals surface area contributed by atoms with Crippen molar-refractivity contribution in [3.63, 3.8) is 0 Å². The largest absolute Gasteiger partial charge is 0.481 e. The molecule has 0 aliphatic carbocycles. The minimum atomic E-state index is -4.54. The maximum absolute atomic E-state index is 13.9. The number of halogens is 4. The standard InChI is InChI=1S/C25H22F4N4O2S/c1-13(2)33-11-18(17-6-14(3)23(30-9-17)25(27,28)29)22-20(33)10-31-24(32-22)36-12-15-4-5-19(26)16(7-15)8-21(34)35/h4-7,9-11,13H,8,12H2,1-3H3,(H,34,35). The van der Waals surface area contributed by atoms with E-state index in [-0.39, 0.29) is 17.2 Å². The van der Waals surface area contributed by atoms with Crippen molar-refractivity contribution in [2.45, 2.75) is 50.3 Å². The Hall–Kier alpha value is -3.47. The molecule has 0 bridgehead atoms. The molecule has 3 aromatic heterocycles. The fraction of sp³-hybridized carbons (Fsp3) is 0.280. The zero-order valence-electron chi connectivity index (χ0n) is 19.6. The summed E-state index contributed by atoms with van der Waals surface area (Å²) in [5.74, 6) is -1.33. The van der Waals surface area contributed by atoms with Crippen LogP contribution in [0.1, 0.15) is 42.3 Å². The number of aryl methyl sites for hydroxylation is 1. The lowest BCUT2D eigenvalue weighted by molar-refractivity contribution is -0.141. The van der Waals surface area contributed by atoms with Crippen molar-refractivity contribution in [2.75, 3.05) is 0 Å². The number of hydrogen-bond acceptors (Lipinski definition) is 5. The summed E-state index contributed by atoms with van der Waals surface area (Å²) < 4.78 is 55.4. The molecule has 0 aliphatic rings. The number of aromatic nitrogens is 4. The molecule has 0 saturated carbocycles. The predicted octanol–water partition coefficient (Wildman–Crippen LogP) is 6.46. The van der Waals surface area contributed by atoms with Gasteiger partial charge in [-0.15, -0.1) is 0 Å².